The van der Waals surface area contributed by atoms with Crippen LogP contribution in [0.3, 0.4) is 0 Å². The molecule has 0 radical (unpaired) electrons. The van der Waals surface area contributed by atoms with E-state index in [0.29, 0.717) is 0 Å². The van der Waals surface area contributed by atoms with E-state index >= 15 is 0 Å². The van der Waals surface area contributed by atoms with E-state index in [-0.39, 0.29) is 0 Å². The Morgan fingerprint density at radius 3 is 2.93 bits per heavy atom. The van der Waals surface area contributed by atoms with Gasteiger partial charge in [0.25, 0.3) is 0 Å². The molecule has 0 atom stereocenters. The van der Waals surface area contributed by atoms with Crippen LogP contribution in [0.1, 0.15) is 5.56 Å². The number of nitrogens with zero attached hydrogens (tertiary/aromatic N) is 4. The van der Waals surface area contributed by atoms with Crippen LogP contribution in [-0.4, -0.2) is 26.2 Å². The van der Waals surface area contributed by atoms with Crippen LogP contribution < -0.4 is 0 Å². The smallest absolute Gasteiger partial charge is 0.138 e. The Morgan fingerprint density at radius 2 is 2.33 bits per heavy atom. The number of rotatable bonds is 2. The zero-order valence-electron chi connectivity index (χ0n) is 7.58. The molecule has 1 N–H and O–H groups in total. The van der Waals surface area contributed by atoms with Crippen LogP contribution in [0.15, 0.2) is 40.5 Å². The number of benzene rings is 1. The summed E-state index contributed by atoms with van der Waals surface area (Å²) in [6.07, 6.45) is 4.44. The molecule has 1 aromatic carbocycles. The molecule has 0 unspecified atom stereocenters. The van der Waals surface area contributed by atoms with E-state index in [4.69, 9.17) is 5.21 Å². The summed E-state index contributed by atoms with van der Waals surface area (Å²) in [4.78, 5) is 3.86. The van der Waals surface area contributed by atoms with Crippen LogP contribution in [0.5, 0.6) is 0 Å². The van der Waals surface area contributed by atoms with E-state index in [9.17, 15) is 0 Å². The SMILES string of the molecule is ON=Cc1ccc(-n2cncn2)c(Br)c1. The van der Waals surface area contributed by atoms with Crippen molar-refractivity contribution in [2.45, 2.75) is 0 Å². The lowest BCUT2D eigenvalue weighted by Gasteiger charge is -2.03. The van der Waals surface area contributed by atoms with Gasteiger partial charge >= 0.3 is 0 Å². The lowest BCUT2D eigenvalue weighted by Crippen LogP contribution is -1.96. The van der Waals surface area contributed by atoms with Crippen molar-refractivity contribution in [2.75, 3.05) is 0 Å². The number of aromatic nitrogens is 3. The maximum atomic E-state index is 8.39. The third kappa shape index (κ3) is 2.04. The van der Waals surface area contributed by atoms with Crippen molar-refractivity contribution in [1.29, 1.82) is 0 Å². The molecule has 0 bridgehead atoms. The number of oxime groups is 1. The summed E-state index contributed by atoms with van der Waals surface area (Å²) >= 11 is 3.41. The van der Waals surface area contributed by atoms with E-state index in [0.717, 1.165) is 15.7 Å². The Kier molecular flexibility index (Phi) is 2.77. The summed E-state index contributed by atoms with van der Waals surface area (Å²) in [6.45, 7) is 0. The maximum Gasteiger partial charge on any atom is 0.138 e. The fraction of sp³-hybridized carbons (Fsp3) is 0. The second-order valence-electron chi connectivity index (χ2n) is 2.80. The Labute approximate surface area is 94.2 Å². The second-order valence-corrected chi connectivity index (χ2v) is 3.65. The third-order valence-electron chi connectivity index (χ3n) is 1.84. The van der Waals surface area contributed by atoms with Gasteiger partial charge in [-0.15, -0.1) is 0 Å². The average Bonchev–Trinajstić information content (AvgIpc) is 2.71. The molecule has 0 saturated heterocycles. The first-order valence-electron chi connectivity index (χ1n) is 4.13. The van der Waals surface area contributed by atoms with Gasteiger partial charge in [0, 0.05) is 4.47 Å². The van der Waals surface area contributed by atoms with Gasteiger partial charge in [-0.3, -0.25) is 0 Å². The van der Waals surface area contributed by atoms with Crippen molar-refractivity contribution >= 4 is 22.1 Å². The monoisotopic (exact) mass is 266 g/mol. The molecule has 76 valence electrons. The van der Waals surface area contributed by atoms with Crippen LogP contribution in [-0.2, 0) is 0 Å². The third-order valence-corrected chi connectivity index (χ3v) is 2.48. The molecular weight excluding hydrogens is 260 g/mol. The van der Waals surface area contributed by atoms with E-state index in [2.05, 4.69) is 31.2 Å². The minimum Gasteiger partial charge on any atom is -0.411 e. The molecule has 0 aliphatic rings. The summed E-state index contributed by atoms with van der Waals surface area (Å²) in [5.41, 5.74) is 1.68. The Balaban J connectivity index is 2.43. The molecule has 1 heterocycles. The van der Waals surface area contributed by atoms with E-state index in [1.807, 2.05) is 18.2 Å². The van der Waals surface area contributed by atoms with Crippen LogP contribution in [0.4, 0.5) is 0 Å². The van der Waals surface area contributed by atoms with Crippen molar-refractivity contribution in [2.24, 2.45) is 5.16 Å². The molecule has 0 amide bonds. The minimum atomic E-state index is 0.799. The van der Waals surface area contributed by atoms with Crippen molar-refractivity contribution in [3.8, 4) is 5.69 Å². The van der Waals surface area contributed by atoms with Crippen molar-refractivity contribution in [1.82, 2.24) is 14.8 Å². The van der Waals surface area contributed by atoms with Gasteiger partial charge in [0.15, 0.2) is 0 Å². The van der Waals surface area contributed by atoms with Gasteiger partial charge in [-0.1, -0.05) is 11.2 Å². The topological polar surface area (TPSA) is 63.3 Å². The first-order chi connectivity index (χ1) is 7.31. The highest BCUT2D eigenvalue weighted by Gasteiger charge is 2.03. The van der Waals surface area contributed by atoms with E-state index in [1.54, 1.807) is 11.0 Å². The largest absolute Gasteiger partial charge is 0.411 e. The number of hydrogen-bond donors (Lipinski definition) is 1. The normalized spacial score (nSPS) is 11.0. The summed E-state index contributed by atoms with van der Waals surface area (Å²) in [6, 6.07) is 5.51. The lowest BCUT2D eigenvalue weighted by molar-refractivity contribution is 0.322. The maximum absolute atomic E-state index is 8.39. The van der Waals surface area contributed by atoms with Crippen molar-refractivity contribution < 1.29 is 5.21 Å². The molecule has 2 aromatic rings. The van der Waals surface area contributed by atoms with Crippen LogP contribution >= 0.6 is 15.9 Å². The van der Waals surface area contributed by atoms with E-state index in [1.165, 1.54) is 12.5 Å². The van der Waals surface area contributed by atoms with Crippen LogP contribution in [0.2, 0.25) is 0 Å². The van der Waals surface area contributed by atoms with Gasteiger partial charge in [0.1, 0.15) is 12.7 Å². The zero-order valence-corrected chi connectivity index (χ0v) is 9.16. The molecule has 6 heteroatoms. The molecule has 2 rings (SSSR count). The molecular formula is C9H7BrN4O. The molecule has 5 nitrogen and oxygen atoms in total. The predicted octanol–water partition coefficient (Wildman–Crippen LogP) is 1.84. The second kappa shape index (κ2) is 4.22. The first kappa shape index (κ1) is 9.85. The average molecular weight is 267 g/mol. The molecule has 0 aliphatic carbocycles. The van der Waals surface area contributed by atoms with E-state index < -0.39 is 0 Å². The lowest BCUT2D eigenvalue weighted by atomic mass is 10.2. The number of halogens is 1. The van der Waals surface area contributed by atoms with Crippen LogP contribution in [0.25, 0.3) is 5.69 Å². The van der Waals surface area contributed by atoms with Gasteiger partial charge in [-0.05, 0) is 33.6 Å². The number of hydrogen-bond acceptors (Lipinski definition) is 4. The predicted molar refractivity (Wildman–Crippen MR) is 58.4 cm³/mol. The molecule has 0 fully saturated rings. The summed E-state index contributed by atoms with van der Waals surface area (Å²) in [5, 5.41) is 15.4. The zero-order chi connectivity index (χ0) is 10.7. The highest BCUT2D eigenvalue weighted by molar-refractivity contribution is 9.10. The Bertz CT molecular complexity index is 481. The van der Waals surface area contributed by atoms with Gasteiger partial charge in [-0.2, -0.15) is 5.10 Å². The Morgan fingerprint density at radius 1 is 1.47 bits per heavy atom. The van der Waals surface area contributed by atoms with Gasteiger partial charge < -0.3 is 5.21 Å². The quantitative estimate of drug-likeness (QED) is 0.513. The van der Waals surface area contributed by atoms with Crippen molar-refractivity contribution in [3.63, 3.8) is 0 Å². The molecule has 0 spiro atoms. The van der Waals surface area contributed by atoms with Gasteiger partial charge in [0.05, 0.1) is 11.9 Å². The highest BCUT2D eigenvalue weighted by atomic mass is 79.9. The van der Waals surface area contributed by atoms with Gasteiger partial charge in [-0.25, -0.2) is 9.67 Å². The first-order valence-corrected chi connectivity index (χ1v) is 4.92. The fourth-order valence-corrected chi connectivity index (χ4v) is 1.77. The van der Waals surface area contributed by atoms with Crippen LogP contribution in [0, 0.1) is 0 Å². The summed E-state index contributed by atoms with van der Waals surface area (Å²) < 4.78 is 2.50. The standard InChI is InChI=1S/C9H7BrN4O/c10-8-3-7(4-13-15)1-2-9(8)14-6-11-5-12-14/h1-6,15H. The summed E-state index contributed by atoms with van der Waals surface area (Å²) in [5.74, 6) is 0. The molecule has 0 aliphatic heterocycles. The van der Waals surface area contributed by atoms with Gasteiger partial charge in [0.2, 0.25) is 0 Å². The fourth-order valence-electron chi connectivity index (χ4n) is 1.19. The van der Waals surface area contributed by atoms with Crippen molar-refractivity contribution in [3.05, 3.63) is 40.9 Å². The summed E-state index contributed by atoms with van der Waals surface area (Å²) in [7, 11) is 0. The molecule has 15 heavy (non-hydrogen) atoms. The minimum absolute atomic E-state index is 0.799. The Hall–Kier alpha value is -1.69. The molecule has 1 aromatic heterocycles. The highest BCUT2D eigenvalue weighted by Crippen LogP contribution is 2.20. The molecule has 0 saturated carbocycles.